The predicted molar refractivity (Wildman–Crippen MR) is 91.9 cm³/mol. The van der Waals surface area contributed by atoms with E-state index >= 15 is 0 Å². The molecule has 0 fully saturated rings. The fourth-order valence-electron chi connectivity index (χ4n) is 2.69. The Labute approximate surface area is 151 Å². The second-order valence-corrected chi connectivity index (χ2v) is 5.83. The lowest BCUT2D eigenvalue weighted by Crippen LogP contribution is -2.33. The smallest absolute Gasteiger partial charge is 0.325 e. The van der Waals surface area contributed by atoms with E-state index in [0.29, 0.717) is 13.0 Å². The highest BCUT2D eigenvalue weighted by atomic mass is 16.5. The van der Waals surface area contributed by atoms with Gasteiger partial charge < -0.3 is 14.4 Å². The van der Waals surface area contributed by atoms with Gasteiger partial charge in [-0.3, -0.25) is 24.1 Å². The molecule has 2 rings (SSSR count). The summed E-state index contributed by atoms with van der Waals surface area (Å²) in [5.41, 5.74) is 0.704. The highest BCUT2D eigenvalue weighted by Gasteiger charge is 2.35. The summed E-state index contributed by atoms with van der Waals surface area (Å²) in [5.74, 6) is -1.75. The van der Waals surface area contributed by atoms with Crippen LogP contribution < -0.4 is 0 Å². The third-order valence-corrected chi connectivity index (χ3v) is 3.97. The van der Waals surface area contributed by atoms with Crippen molar-refractivity contribution in [2.45, 2.75) is 13.3 Å². The van der Waals surface area contributed by atoms with Gasteiger partial charge in [0.2, 0.25) is 0 Å². The number of carbonyl (C=O) groups is 4. The van der Waals surface area contributed by atoms with Crippen LogP contribution in [0.2, 0.25) is 0 Å². The van der Waals surface area contributed by atoms with E-state index in [2.05, 4.69) is 0 Å². The van der Waals surface area contributed by atoms with Crippen LogP contribution in [0.5, 0.6) is 0 Å². The van der Waals surface area contributed by atoms with Gasteiger partial charge in [0.05, 0.1) is 17.7 Å². The van der Waals surface area contributed by atoms with Crippen molar-refractivity contribution in [1.29, 1.82) is 0 Å². The summed E-state index contributed by atoms with van der Waals surface area (Å²) < 4.78 is 9.75. The van der Waals surface area contributed by atoms with Crippen molar-refractivity contribution in [3.63, 3.8) is 0 Å². The number of benzene rings is 1. The molecule has 0 spiro atoms. The highest BCUT2D eigenvalue weighted by Crippen LogP contribution is 2.24. The van der Waals surface area contributed by atoms with Gasteiger partial charge in [0.25, 0.3) is 17.7 Å². The molecule has 0 N–H and O–H groups in total. The second kappa shape index (κ2) is 8.57. The van der Waals surface area contributed by atoms with Crippen LogP contribution >= 0.6 is 0 Å². The summed E-state index contributed by atoms with van der Waals surface area (Å²) >= 11 is 0. The summed E-state index contributed by atoms with van der Waals surface area (Å²) in [5, 5.41) is 0. The number of hydrogen-bond acceptors (Lipinski definition) is 6. The lowest BCUT2D eigenvalue weighted by atomic mass is 10.0. The molecule has 1 aliphatic rings. The first-order valence-corrected chi connectivity index (χ1v) is 8.31. The summed E-state index contributed by atoms with van der Waals surface area (Å²) in [6.45, 7) is 2.41. The van der Waals surface area contributed by atoms with E-state index in [0.717, 1.165) is 4.90 Å². The van der Waals surface area contributed by atoms with E-state index in [4.69, 9.17) is 9.47 Å². The largest absolute Gasteiger partial charge is 0.465 e. The van der Waals surface area contributed by atoms with E-state index in [-0.39, 0.29) is 42.3 Å². The van der Waals surface area contributed by atoms with Gasteiger partial charge >= 0.3 is 5.97 Å². The first-order valence-electron chi connectivity index (χ1n) is 8.31. The Hall–Kier alpha value is -2.74. The molecule has 8 nitrogen and oxygen atoms in total. The number of likely N-dealkylation sites (N-methyl/N-ethyl adjacent to an activating group) is 1. The number of methoxy groups -OCH3 is 1. The van der Waals surface area contributed by atoms with Crippen LogP contribution in [0.3, 0.4) is 0 Å². The maximum absolute atomic E-state index is 12.5. The van der Waals surface area contributed by atoms with Crippen LogP contribution in [-0.2, 0) is 14.3 Å². The van der Waals surface area contributed by atoms with E-state index in [9.17, 15) is 19.2 Å². The van der Waals surface area contributed by atoms with Gasteiger partial charge in [-0.1, -0.05) is 0 Å². The van der Waals surface area contributed by atoms with Gasteiger partial charge in [0, 0.05) is 32.9 Å². The number of nitrogens with zero attached hydrogens (tertiary/aromatic N) is 2. The molecule has 1 heterocycles. The number of amides is 3. The molecule has 8 heteroatoms. The van der Waals surface area contributed by atoms with Gasteiger partial charge in [-0.05, 0) is 31.5 Å². The van der Waals surface area contributed by atoms with Gasteiger partial charge in [0.1, 0.15) is 6.54 Å². The molecule has 0 aromatic heterocycles. The van der Waals surface area contributed by atoms with Crippen LogP contribution in [0.4, 0.5) is 0 Å². The minimum absolute atomic E-state index is 0.195. The summed E-state index contributed by atoms with van der Waals surface area (Å²) in [4.78, 5) is 51.1. The van der Waals surface area contributed by atoms with E-state index in [1.54, 1.807) is 14.0 Å². The number of esters is 1. The molecule has 1 aromatic carbocycles. The van der Waals surface area contributed by atoms with E-state index < -0.39 is 17.8 Å². The Kier molecular flexibility index (Phi) is 6.46. The standard InChI is InChI=1S/C18H22N2O6/c1-4-26-15(21)11-19(2)16(22)12-6-7-13-14(10-12)18(24)20(17(13)23)8-5-9-25-3/h6-7,10H,4-5,8-9,11H2,1-3H3. The zero-order valence-electron chi connectivity index (χ0n) is 15.1. The van der Waals surface area contributed by atoms with Crippen molar-refractivity contribution in [1.82, 2.24) is 9.80 Å². The molecule has 26 heavy (non-hydrogen) atoms. The molecule has 0 atom stereocenters. The number of fused-ring (bicyclic) bond motifs is 1. The summed E-state index contributed by atoms with van der Waals surface area (Å²) in [6.07, 6.45) is 0.538. The lowest BCUT2D eigenvalue weighted by Gasteiger charge is -2.16. The fraction of sp³-hybridized carbons (Fsp3) is 0.444. The van der Waals surface area contributed by atoms with Crippen molar-refractivity contribution in [2.75, 3.05) is 40.5 Å². The Balaban J connectivity index is 2.14. The minimum atomic E-state index is -0.514. The molecular weight excluding hydrogens is 340 g/mol. The van der Waals surface area contributed by atoms with Crippen molar-refractivity contribution >= 4 is 23.7 Å². The molecule has 0 saturated heterocycles. The number of ether oxygens (including phenoxy) is 2. The topological polar surface area (TPSA) is 93.2 Å². The SMILES string of the molecule is CCOC(=O)CN(C)C(=O)c1ccc2c(c1)C(=O)N(CCCOC)C2=O. The fourth-order valence-corrected chi connectivity index (χ4v) is 2.69. The maximum atomic E-state index is 12.5. The van der Waals surface area contributed by atoms with Crippen molar-refractivity contribution in [2.24, 2.45) is 0 Å². The Morgan fingerprint density at radius 2 is 1.85 bits per heavy atom. The summed E-state index contributed by atoms with van der Waals surface area (Å²) in [7, 11) is 3.02. The predicted octanol–water partition coefficient (Wildman–Crippen LogP) is 0.954. The average Bonchev–Trinajstić information content (AvgIpc) is 2.85. The first-order chi connectivity index (χ1) is 12.4. The lowest BCUT2D eigenvalue weighted by molar-refractivity contribution is -0.143. The number of rotatable bonds is 8. The Bertz CT molecular complexity index is 730. The zero-order valence-corrected chi connectivity index (χ0v) is 15.1. The minimum Gasteiger partial charge on any atom is -0.465 e. The van der Waals surface area contributed by atoms with Crippen molar-refractivity contribution in [3.8, 4) is 0 Å². The zero-order chi connectivity index (χ0) is 19.3. The third-order valence-electron chi connectivity index (χ3n) is 3.97. The normalized spacial score (nSPS) is 13.0. The molecular formula is C18H22N2O6. The van der Waals surface area contributed by atoms with Crippen molar-refractivity contribution < 1.29 is 28.7 Å². The van der Waals surface area contributed by atoms with Gasteiger partial charge in [-0.25, -0.2) is 0 Å². The highest BCUT2D eigenvalue weighted by molar-refractivity contribution is 6.22. The summed E-state index contributed by atoms with van der Waals surface area (Å²) in [6, 6.07) is 4.35. The molecule has 0 unspecified atom stereocenters. The number of hydrogen-bond donors (Lipinski definition) is 0. The van der Waals surface area contributed by atoms with Crippen LogP contribution in [-0.4, -0.2) is 74.0 Å². The van der Waals surface area contributed by atoms with Crippen molar-refractivity contribution in [3.05, 3.63) is 34.9 Å². The molecule has 140 valence electrons. The first kappa shape index (κ1) is 19.6. The number of carbonyl (C=O) groups excluding carboxylic acids is 4. The van der Waals surface area contributed by atoms with Crippen LogP contribution in [0.15, 0.2) is 18.2 Å². The van der Waals surface area contributed by atoms with E-state index in [1.807, 2.05) is 0 Å². The molecule has 0 radical (unpaired) electrons. The maximum Gasteiger partial charge on any atom is 0.325 e. The molecule has 0 aliphatic carbocycles. The van der Waals surface area contributed by atoms with Gasteiger partial charge in [-0.2, -0.15) is 0 Å². The quantitative estimate of drug-likeness (QED) is 0.388. The molecule has 1 aliphatic heterocycles. The monoisotopic (exact) mass is 362 g/mol. The van der Waals surface area contributed by atoms with Gasteiger partial charge in [0.15, 0.2) is 0 Å². The molecule has 1 aromatic rings. The van der Waals surface area contributed by atoms with E-state index in [1.165, 1.54) is 30.1 Å². The van der Waals surface area contributed by atoms with Crippen LogP contribution in [0.25, 0.3) is 0 Å². The Morgan fingerprint density at radius 3 is 2.50 bits per heavy atom. The van der Waals surface area contributed by atoms with Gasteiger partial charge in [-0.15, -0.1) is 0 Å². The number of imide groups is 1. The molecule has 3 amide bonds. The van der Waals surface area contributed by atoms with Crippen LogP contribution in [0, 0.1) is 0 Å². The molecule has 0 bridgehead atoms. The molecule has 0 saturated carbocycles. The van der Waals surface area contributed by atoms with Crippen LogP contribution in [0.1, 0.15) is 44.4 Å². The Morgan fingerprint density at radius 1 is 1.15 bits per heavy atom. The third kappa shape index (κ3) is 4.08. The second-order valence-electron chi connectivity index (χ2n) is 5.83. The average molecular weight is 362 g/mol.